The second-order valence-corrected chi connectivity index (χ2v) is 7.02. The number of hydrogen-bond acceptors (Lipinski definition) is 2. The smallest absolute Gasteiger partial charge is 0.119 e. The summed E-state index contributed by atoms with van der Waals surface area (Å²) in [7, 11) is 0. The monoisotopic (exact) mass is 343 g/mol. The van der Waals surface area contributed by atoms with Crippen LogP contribution < -0.4 is 4.74 Å². The SMILES string of the molecule is Cl.c1ccc(Cc2ccc(OCC3CN4CCC3CC4)cc2)cc1. The molecular formula is C21H26ClNO. The minimum Gasteiger partial charge on any atom is -0.493 e. The lowest BCUT2D eigenvalue weighted by Crippen LogP contribution is -2.49. The van der Waals surface area contributed by atoms with Gasteiger partial charge in [0.1, 0.15) is 5.75 Å². The quantitative estimate of drug-likeness (QED) is 0.796. The van der Waals surface area contributed by atoms with Crippen molar-refractivity contribution in [1.82, 2.24) is 4.90 Å². The van der Waals surface area contributed by atoms with Gasteiger partial charge in [0.05, 0.1) is 6.61 Å². The summed E-state index contributed by atoms with van der Waals surface area (Å²) in [6.07, 6.45) is 3.72. The van der Waals surface area contributed by atoms with Gasteiger partial charge in [-0.05, 0) is 61.5 Å². The summed E-state index contributed by atoms with van der Waals surface area (Å²) in [4.78, 5) is 2.59. The second kappa shape index (κ2) is 8.04. The predicted octanol–water partition coefficient (Wildman–Crippen LogP) is 4.42. The number of fused-ring (bicyclic) bond motifs is 3. The molecule has 128 valence electrons. The van der Waals surface area contributed by atoms with Gasteiger partial charge in [0.25, 0.3) is 0 Å². The third-order valence-corrected chi connectivity index (χ3v) is 5.43. The fourth-order valence-corrected chi connectivity index (χ4v) is 4.01. The Kier molecular flexibility index (Phi) is 5.80. The number of ether oxygens (including phenoxy) is 1. The minimum absolute atomic E-state index is 0. The number of halogens is 1. The van der Waals surface area contributed by atoms with Crippen LogP contribution in [0.25, 0.3) is 0 Å². The van der Waals surface area contributed by atoms with Crippen molar-refractivity contribution in [3.05, 3.63) is 65.7 Å². The van der Waals surface area contributed by atoms with E-state index < -0.39 is 0 Å². The van der Waals surface area contributed by atoms with Crippen molar-refractivity contribution in [2.24, 2.45) is 11.8 Å². The molecule has 3 saturated heterocycles. The van der Waals surface area contributed by atoms with Gasteiger partial charge in [0, 0.05) is 12.5 Å². The Morgan fingerprint density at radius 3 is 2.17 bits per heavy atom. The molecule has 1 atom stereocenters. The van der Waals surface area contributed by atoms with E-state index in [0.717, 1.165) is 30.6 Å². The summed E-state index contributed by atoms with van der Waals surface area (Å²) < 4.78 is 6.08. The first-order valence-corrected chi connectivity index (χ1v) is 8.85. The first-order valence-electron chi connectivity index (χ1n) is 8.85. The Morgan fingerprint density at radius 2 is 1.54 bits per heavy atom. The Morgan fingerprint density at radius 1 is 0.875 bits per heavy atom. The van der Waals surface area contributed by atoms with Gasteiger partial charge in [-0.25, -0.2) is 0 Å². The maximum absolute atomic E-state index is 6.08. The summed E-state index contributed by atoms with van der Waals surface area (Å²) in [6, 6.07) is 19.3. The summed E-state index contributed by atoms with van der Waals surface area (Å²) in [5.41, 5.74) is 2.69. The highest BCUT2D eigenvalue weighted by molar-refractivity contribution is 5.85. The molecule has 2 aromatic rings. The fourth-order valence-electron chi connectivity index (χ4n) is 4.01. The van der Waals surface area contributed by atoms with Crippen molar-refractivity contribution >= 4 is 12.4 Å². The molecule has 0 aliphatic carbocycles. The molecule has 0 spiro atoms. The lowest BCUT2D eigenvalue weighted by molar-refractivity contribution is 0.0257. The van der Waals surface area contributed by atoms with Gasteiger partial charge >= 0.3 is 0 Å². The highest BCUT2D eigenvalue weighted by atomic mass is 35.5. The van der Waals surface area contributed by atoms with E-state index in [9.17, 15) is 0 Å². The molecular weight excluding hydrogens is 318 g/mol. The molecule has 1 unspecified atom stereocenters. The van der Waals surface area contributed by atoms with Crippen molar-refractivity contribution in [3.8, 4) is 5.75 Å². The van der Waals surface area contributed by atoms with Crippen LogP contribution in [0, 0.1) is 11.8 Å². The van der Waals surface area contributed by atoms with Gasteiger partial charge in [0.15, 0.2) is 0 Å². The van der Waals surface area contributed by atoms with Crippen molar-refractivity contribution in [1.29, 1.82) is 0 Å². The van der Waals surface area contributed by atoms with Crippen LogP contribution in [0.5, 0.6) is 5.75 Å². The van der Waals surface area contributed by atoms with Crippen LogP contribution in [0.3, 0.4) is 0 Å². The number of benzene rings is 2. The molecule has 2 bridgehead atoms. The summed E-state index contributed by atoms with van der Waals surface area (Å²) in [6.45, 7) is 4.71. The van der Waals surface area contributed by atoms with Crippen LogP contribution in [0.4, 0.5) is 0 Å². The highest BCUT2D eigenvalue weighted by Gasteiger charge is 2.34. The maximum atomic E-state index is 6.08. The number of nitrogens with zero attached hydrogens (tertiary/aromatic N) is 1. The van der Waals surface area contributed by atoms with Crippen molar-refractivity contribution in [2.45, 2.75) is 19.3 Å². The zero-order valence-corrected chi connectivity index (χ0v) is 14.9. The third kappa shape index (κ3) is 4.12. The van der Waals surface area contributed by atoms with Crippen LogP contribution in [0.1, 0.15) is 24.0 Å². The first kappa shape index (κ1) is 17.3. The zero-order valence-electron chi connectivity index (χ0n) is 14.1. The Balaban J connectivity index is 0.00000169. The van der Waals surface area contributed by atoms with E-state index in [0.29, 0.717) is 0 Å². The van der Waals surface area contributed by atoms with Crippen LogP contribution in [0.2, 0.25) is 0 Å². The third-order valence-electron chi connectivity index (χ3n) is 5.43. The topological polar surface area (TPSA) is 12.5 Å². The van der Waals surface area contributed by atoms with Crippen LogP contribution in [0.15, 0.2) is 54.6 Å². The molecule has 3 aliphatic heterocycles. The Hall–Kier alpha value is -1.51. The standard InChI is InChI=1S/C21H25NO.ClH/c1-2-4-17(5-3-1)14-18-6-8-21(9-7-18)23-16-20-15-22-12-10-19(20)11-13-22;/h1-9,19-20H,10-16H2;1H. The summed E-state index contributed by atoms with van der Waals surface area (Å²) in [5, 5.41) is 0. The van der Waals surface area contributed by atoms with Crippen molar-refractivity contribution < 1.29 is 4.74 Å². The van der Waals surface area contributed by atoms with Gasteiger partial charge in [-0.2, -0.15) is 0 Å². The Labute approximate surface area is 151 Å². The highest BCUT2D eigenvalue weighted by Crippen LogP contribution is 2.32. The summed E-state index contributed by atoms with van der Waals surface area (Å²) in [5.74, 6) is 2.62. The molecule has 3 heteroatoms. The molecule has 0 N–H and O–H groups in total. The van der Waals surface area contributed by atoms with E-state index in [1.54, 1.807) is 0 Å². The van der Waals surface area contributed by atoms with Crippen molar-refractivity contribution in [2.75, 3.05) is 26.2 Å². The lowest BCUT2D eigenvalue weighted by Gasteiger charge is -2.44. The Bertz CT molecular complexity index is 620. The van der Waals surface area contributed by atoms with Crippen LogP contribution in [-0.4, -0.2) is 31.1 Å². The average molecular weight is 344 g/mol. The van der Waals surface area contributed by atoms with E-state index in [1.165, 1.54) is 43.6 Å². The molecule has 3 aliphatic rings. The van der Waals surface area contributed by atoms with Gasteiger partial charge in [0.2, 0.25) is 0 Å². The van der Waals surface area contributed by atoms with E-state index in [1.807, 2.05) is 0 Å². The van der Waals surface area contributed by atoms with Gasteiger partial charge < -0.3 is 9.64 Å². The molecule has 5 rings (SSSR count). The fraction of sp³-hybridized carbons (Fsp3) is 0.429. The molecule has 0 saturated carbocycles. The molecule has 0 amide bonds. The number of hydrogen-bond donors (Lipinski definition) is 0. The maximum Gasteiger partial charge on any atom is 0.119 e. The number of piperidine rings is 3. The van der Waals surface area contributed by atoms with Gasteiger partial charge in [-0.1, -0.05) is 42.5 Å². The lowest BCUT2D eigenvalue weighted by atomic mass is 9.79. The van der Waals surface area contributed by atoms with Crippen molar-refractivity contribution in [3.63, 3.8) is 0 Å². The second-order valence-electron chi connectivity index (χ2n) is 7.02. The average Bonchev–Trinajstić information content (AvgIpc) is 2.63. The van der Waals surface area contributed by atoms with E-state index in [-0.39, 0.29) is 12.4 Å². The van der Waals surface area contributed by atoms with Crippen LogP contribution in [-0.2, 0) is 6.42 Å². The predicted molar refractivity (Wildman–Crippen MR) is 101 cm³/mol. The zero-order chi connectivity index (χ0) is 15.5. The van der Waals surface area contributed by atoms with E-state index >= 15 is 0 Å². The molecule has 3 heterocycles. The molecule has 24 heavy (non-hydrogen) atoms. The molecule has 3 fully saturated rings. The van der Waals surface area contributed by atoms with Crippen LogP contribution >= 0.6 is 12.4 Å². The molecule has 0 aromatic heterocycles. The van der Waals surface area contributed by atoms with E-state index in [4.69, 9.17) is 4.74 Å². The first-order chi connectivity index (χ1) is 11.4. The van der Waals surface area contributed by atoms with E-state index in [2.05, 4.69) is 59.5 Å². The summed E-state index contributed by atoms with van der Waals surface area (Å²) >= 11 is 0. The normalized spacial score (nSPS) is 25.1. The minimum atomic E-state index is 0. The largest absolute Gasteiger partial charge is 0.493 e. The molecule has 0 radical (unpaired) electrons. The molecule has 2 aromatic carbocycles. The van der Waals surface area contributed by atoms with Gasteiger partial charge in [-0.3, -0.25) is 0 Å². The molecule has 2 nitrogen and oxygen atoms in total. The van der Waals surface area contributed by atoms with Gasteiger partial charge in [-0.15, -0.1) is 12.4 Å². The number of rotatable bonds is 5.